The Kier molecular flexibility index (Phi) is 5.54. The molecule has 0 aliphatic heterocycles. The van der Waals surface area contributed by atoms with Gasteiger partial charge >= 0.3 is 0 Å². The number of nitrogens with one attached hydrogen (secondary N) is 1. The Bertz CT molecular complexity index is 604. The molecule has 112 valence electrons. The van der Waals surface area contributed by atoms with Crippen molar-refractivity contribution in [3.8, 4) is 0 Å². The van der Waals surface area contributed by atoms with Gasteiger partial charge in [-0.1, -0.05) is 46.6 Å². The van der Waals surface area contributed by atoms with Crippen LogP contribution in [0.1, 0.15) is 41.6 Å². The lowest BCUT2D eigenvalue weighted by atomic mass is 9.93. The van der Waals surface area contributed by atoms with Crippen molar-refractivity contribution in [2.75, 3.05) is 6.54 Å². The minimum absolute atomic E-state index is 0.0110. The van der Waals surface area contributed by atoms with E-state index in [2.05, 4.69) is 60.2 Å². The molecule has 3 heteroatoms. The van der Waals surface area contributed by atoms with Gasteiger partial charge in [0, 0.05) is 4.47 Å². The highest BCUT2D eigenvalue weighted by Gasteiger charge is 2.17. The lowest BCUT2D eigenvalue weighted by Crippen LogP contribution is -2.24. The molecule has 0 saturated carbocycles. The van der Waals surface area contributed by atoms with Crippen molar-refractivity contribution in [2.45, 2.75) is 33.2 Å². The minimum atomic E-state index is -0.215. The average Bonchev–Trinajstić information content (AvgIpc) is 2.42. The van der Waals surface area contributed by atoms with E-state index in [4.69, 9.17) is 0 Å². The lowest BCUT2D eigenvalue weighted by molar-refractivity contribution is 0.583. The van der Waals surface area contributed by atoms with Gasteiger partial charge in [0.2, 0.25) is 0 Å². The maximum atomic E-state index is 13.7. The Balaban J connectivity index is 2.49. The van der Waals surface area contributed by atoms with Crippen LogP contribution in [-0.4, -0.2) is 6.54 Å². The Morgan fingerprint density at radius 3 is 2.57 bits per heavy atom. The van der Waals surface area contributed by atoms with Crippen molar-refractivity contribution in [2.24, 2.45) is 0 Å². The van der Waals surface area contributed by atoms with E-state index in [1.165, 1.54) is 22.8 Å². The van der Waals surface area contributed by atoms with Crippen LogP contribution >= 0.6 is 15.9 Å². The average molecular weight is 350 g/mol. The summed E-state index contributed by atoms with van der Waals surface area (Å²) in [4.78, 5) is 0. The largest absolute Gasteiger partial charge is 0.306 e. The molecule has 1 unspecified atom stereocenters. The van der Waals surface area contributed by atoms with E-state index in [-0.39, 0.29) is 11.9 Å². The van der Waals surface area contributed by atoms with Crippen molar-refractivity contribution >= 4 is 15.9 Å². The zero-order valence-electron chi connectivity index (χ0n) is 12.7. The predicted molar refractivity (Wildman–Crippen MR) is 90.2 cm³/mol. The van der Waals surface area contributed by atoms with Crippen molar-refractivity contribution in [3.05, 3.63) is 68.9 Å². The van der Waals surface area contributed by atoms with Gasteiger partial charge in [-0.2, -0.15) is 0 Å². The molecule has 0 saturated heterocycles. The molecule has 2 aromatic rings. The van der Waals surface area contributed by atoms with E-state index in [9.17, 15) is 4.39 Å². The summed E-state index contributed by atoms with van der Waals surface area (Å²) >= 11 is 3.39. The number of aryl methyl sites for hydroxylation is 2. The maximum absolute atomic E-state index is 13.7. The lowest BCUT2D eigenvalue weighted by Gasteiger charge is -2.22. The predicted octanol–water partition coefficient (Wildman–Crippen LogP) is 5.29. The van der Waals surface area contributed by atoms with Crippen LogP contribution in [0.25, 0.3) is 0 Å². The standard InChI is InChI=1S/C18H21BrFN/c1-4-7-21-18(14-9-15(19)11-16(20)10-14)17-8-12(2)5-6-13(17)3/h5-6,8-11,18,21H,4,7H2,1-3H3. The molecular formula is C18H21BrFN. The Hall–Kier alpha value is -1.19. The smallest absolute Gasteiger partial charge is 0.124 e. The van der Waals surface area contributed by atoms with Crippen molar-refractivity contribution in [1.82, 2.24) is 5.32 Å². The quantitative estimate of drug-likeness (QED) is 0.772. The molecule has 0 spiro atoms. The van der Waals surface area contributed by atoms with Crippen LogP contribution in [0.15, 0.2) is 40.9 Å². The molecule has 1 N–H and O–H groups in total. The summed E-state index contributed by atoms with van der Waals surface area (Å²) in [6.07, 6.45) is 1.04. The summed E-state index contributed by atoms with van der Waals surface area (Å²) in [6.45, 7) is 7.21. The van der Waals surface area contributed by atoms with Gasteiger partial charge in [0.1, 0.15) is 5.82 Å². The molecular weight excluding hydrogens is 329 g/mol. The normalized spacial score (nSPS) is 12.4. The number of hydrogen-bond donors (Lipinski definition) is 1. The van der Waals surface area contributed by atoms with Gasteiger partial charge in [0.25, 0.3) is 0 Å². The summed E-state index contributed by atoms with van der Waals surface area (Å²) in [5.41, 5.74) is 4.59. The first-order valence-corrected chi connectivity index (χ1v) is 8.07. The summed E-state index contributed by atoms with van der Waals surface area (Å²) in [5.74, 6) is -0.215. The molecule has 0 amide bonds. The second-order valence-electron chi connectivity index (χ2n) is 5.45. The van der Waals surface area contributed by atoms with E-state index >= 15 is 0 Å². The molecule has 0 radical (unpaired) electrons. The highest BCUT2D eigenvalue weighted by atomic mass is 79.9. The highest BCUT2D eigenvalue weighted by Crippen LogP contribution is 2.28. The maximum Gasteiger partial charge on any atom is 0.124 e. The van der Waals surface area contributed by atoms with Gasteiger partial charge in [0.15, 0.2) is 0 Å². The van der Waals surface area contributed by atoms with Crippen LogP contribution in [0.5, 0.6) is 0 Å². The number of hydrogen-bond acceptors (Lipinski definition) is 1. The molecule has 0 heterocycles. The molecule has 0 bridgehead atoms. The summed E-state index contributed by atoms with van der Waals surface area (Å²) in [5, 5.41) is 3.54. The molecule has 0 aliphatic rings. The number of rotatable bonds is 5. The van der Waals surface area contributed by atoms with Crippen molar-refractivity contribution < 1.29 is 4.39 Å². The van der Waals surface area contributed by atoms with Crippen LogP contribution in [0.4, 0.5) is 4.39 Å². The molecule has 0 aromatic heterocycles. The third kappa shape index (κ3) is 4.14. The molecule has 2 aromatic carbocycles. The SMILES string of the molecule is CCCNC(c1cc(F)cc(Br)c1)c1cc(C)ccc1C. The minimum Gasteiger partial charge on any atom is -0.306 e. The molecule has 2 rings (SSSR count). The first-order valence-electron chi connectivity index (χ1n) is 7.27. The fraction of sp³-hybridized carbons (Fsp3) is 0.333. The van der Waals surface area contributed by atoms with Gasteiger partial charge in [0.05, 0.1) is 6.04 Å². The van der Waals surface area contributed by atoms with Crippen molar-refractivity contribution in [3.63, 3.8) is 0 Å². The Labute approximate surface area is 134 Å². The van der Waals surface area contributed by atoms with Gasteiger partial charge < -0.3 is 5.32 Å². The third-order valence-corrected chi connectivity index (χ3v) is 4.02. The Morgan fingerprint density at radius 2 is 1.90 bits per heavy atom. The van der Waals surface area contributed by atoms with Crippen LogP contribution in [0.3, 0.4) is 0 Å². The van der Waals surface area contributed by atoms with Gasteiger partial charge in [-0.15, -0.1) is 0 Å². The highest BCUT2D eigenvalue weighted by molar-refractivity contribution is 9.10. The monoisotopic (exact) mass is 349 g/mol. The molecule has 1 atom stereocenters. The van der Waals surface area contributed by atoms with Crippen LogP contribution in [0, 0.1) is 19.7 Å². The summed E-state index contributed by atoms with van der Waals surface area (Å²) in [6, 6.07) is 11.5. The van der Waals surface area contributed by atoms with E-state index < -0.39 is 0 Å². The number of halogens is 2. The van der Waals surface area contributed by atoms with Gasteiger partial charge in [-0.3, -0.25) is 0 Å². The molecule has 1 nitrogen and oxygen atoms in total. The first-order chi connectivity index (χ1) is 10.0. The fourth-order valence-electron chi connectivity index (χ4n) is 2.51. The summed E-state index contributed by atoms with van der Waals surface area (Å²) < 4.78 is 14.5. The zero-order chi connectivity index (χ0) is 15.4. The van der Waals surface area contributed by atoms with Crippen LogP contribution < -0.4 is 5.32 Å². The first kappa shape index (κ1) is 16.2. The van der Waals surface area contributed by atoms with Gasteiger partial charge in [-0.05, 0) is 61.7 Å². The van der Waals surface area contributed by atoms with E-state index in [1.54, 1.807) is 6.07 Å². The van der Waals surface area contributed by atoms with E-state index in [0.29, 0.717) is 0 Å². The van der Waals surface area contributed by atoms with Crippen LogP contribution in [0.2, 0.25) is 0 Å². The van der Waals surface area contributed by atoms with E-state index in [0.717, 1.165) is 23.0 Å². The topological polar surface area (TPSA) is 12.0 Å². The van der Waals surface area contributed by atoms with Crippen molar-refractivity contribution in [1.29, 1.82) is 0 Å². The Morgan fingerprint density at radius 1 is 1.14 bits per heavy atom. The zero-order valence-corrected chi connectivity index (χ0v) is 14.3. The fourth-order valence-corrected chi connectivity index (χ4v) is 2.99. The third-order valence-electron chi connectivity index (χ3n) is 3.56. The summed E-state index contributed by atoms with van der Waals surface area (Å²) in [7, 11) is 0. The molecule has 0 fully saturated rings. The molecule has 21 heavy (non-hydrogen) atoms. The van der Waals surface area contributed by atoms with E-state index in [1.807, 2.05) is 6.07 Å². The van der Waals surface area contributed by atoms with Gasteiger partial charge in [-0.25, -0.2) is 4.39 Å². The second-order valence-corrected chi connectivity index (χ2v) is 6.37. The number of benzene rings is 2. The van der Waals surface area contributed by atoms with Crippen LogP contribution in [-0.2, 0) is 0 Å². The second kappa shape index (κ2) is 7.19. The molecule has 0 aliphatic carbocycles.